The molecule has 1 fully saturated rings. The van der Waals surface area contributed by atoms with E-state index >= 15 is 0 Å². The summed E-state index contributed by atoms with van der Waals surface area (Å²) in [5, 5.41) is 7.02. The minimum atomic E-state index is 0.571. The molecular formula is C7H14N2. The summed E-state index contributed by atoms with van der Waals surface area (Å²) in [5.41, 5.74) is 0. The number of piperidine rings is 1. The molecule has 1 aliphatic heterocycles. The Morgan fingerprint density at radius 2 is 2.00 bits per heavy atom. The van der Waals surface area contributed by atoms with Gasteiger partial charge in [-0.2, -0.15) is 0 Å². The van der Waals surface area contributed by atoms with E-state index in [0.717, 1.165) is 0 Å². The van der Waals surface area contributed by atoms with Gasteiger partial charge >= 0.3 is 0 Å². The normalized spacial score (nSPS) is 24.1. The second-order valence-corrected chi connectivity index (χ2v) is 2.81. The molecule has 52 valence electrons. The largest absolute Gasteiger partial charge is 0.313 e. The summed E-state index contributed by atoms with van der Waals surface area (Å²) in [7, 11) is 2.14. The highest BCUT2D eigenvalue weighted by molar-refractivity contribution is 5.56. The van der Waals surface area contributed by atoms with Gasteiger partial charge in [0.1, 0.15) is 0 Å². The zero-order chi connectivity index (χ0) is 6.69. The molecule has 0 amide bonds. The fourth-order valence-electron chi connectivity index (χ4n) is 1.20. The quantitative estimate of drug-likeness (QED) is 0.521. The molecule has 0 bridgehead atoms. The van der Waals surface area contributed by atoms with E-state index in [9.17, 15) is 0 Å². The summed E-state index contributed by atoms with van der Waals surface area (Å²) < 4.78 is 0. The predicted molar refractivity (Wildman–Crippen MR) is 39.0 cm³/mol. The van der Waals surface area contributed by atoms with Crippen LogP contribution < -0.4 is 0 Å². The minimum Gasteiger partial charge on any atom is -0.313 e. The summed E-state index contributed by atoms with van der Waals surface area (Å²) in [6.07, 6.45) is 3.95. The van der Waals surface area contributed by atoms with Gasteiger partial charge in [-0.15, -0.1) is 0 Å². The number of rotatable bonds is 1. The standard InChI is InChI=1S/C7H14N2/c1-9-4-2-7(6-8)3-5-9/h6-8H,2-5H2,1H3. The molecule has 2 heteroatoms. The van der Waals surface area contributed by atoms with E-state index in [1.165, 1.54) is 25.9 Å². The van der Waals surface area contributed by atoms with Gasteiger partial charge in [0.25, 0.3) is 0 Å². The van der Waals surface area contributed by atoms with Crippen LogP contribution in [0.1, 0.15) is 12.8 Å². The second-order valence-electron chi connectivity index (χ2n) is 2.81. The van der Waals surface area contributed by atoms with Gasteiger partial charge in [-0.25, -0.2) is 0 Å². The molecule has 0 aromatic rings. The summed E-state index contributed by atoms with van der Waals surface area (Å²) in [4.78, 5) is 2.32. The van der Waals surface area contributed by atoms with Crippen LogP contribution in [0.25, 0.3) is 0 Å². The molecule has 9 heavy (non-hydrogen) atoms. The van der Waals surface area contributed by atoms with Gasteiger partial charge in [0, 0.05) is 0 Å². The lowest BCUT2D eigenvalue weighted by atomic mass is 9.99. The lowest BCUT2D eigenvalue weighted by Crippen LogP contribution is -2.30. The van der Waals surface area contributed by atoms with E-state index in [1.807, 2.05) is 0 Å². The number of hydrogen-bond acceptors (Lipinski definition) is 2. The van der Waals surface area contributed by atoms with Crippen LogP contribution in [-0.4, -0.2) is 31.3 Å². The lowest BCUT2D eigenvalue weighted by molar-refractivity contribution is 0.254. The lowest BCUT2D eigenvalue weighted by Gasteiger charge is -2.25. The van der Waals surface area contributed by atoms with Gasteiger partial charge in [0.05, 0.1) is 0 Å². The molecule has 0 atom stereocenters. The first-order chi connectivity index (χ1) is 4.33. The number of nitrogens with zero attached hydrogens (tertiary/aromatic N) is 1. The smallest absolute Gasteiger partial charge is 0.00156 e. The Kier molecular flexibility index (Phi) is 2.22. The van der Waals surface area contributed by atoms with Gasteiger partial charge in [-0.3, -0.25) is 0 Å². The van der Waals surface area contributed by atoms with Crippen molar-refractivity contribution in [2.24, 2.45) is 5.92 Å². The van der Waals surface area contributed by atoms with Gasteiger partial charge < -0.3 is 10.3 Å². The third-order valence-corrected chi connectivity index (χ3v) is 2.00. The highest BCUT2D eigenvalue weighted by Gasteiger charge is 2.13. The van der Waals surface area contributed by atoms with Crippen molar-refractivity contribution in [2.75, 3.05) is 20.1 Å². The van der Waals surface area contributed by atoms with Crippen molar-refractivity contribution in [3.8, 4) is 0 Å². The van der Waals surface area contributed by atoms with E-state index in [-0.39, 0.29) is 0 Å². The maximum Gasteiger partial charge on any atom is -0.00156 e. The highest BCUT2D eigenvalue weighted by Crippen LogP contribution is 2.12. The second kappa shape index (κ2) is 2.97. The maximum absolute atomic E-state index is 7.02. The summed E-state index contributed by atoms with van der Waals surface area (Å²) in [6.45, 7) is 2.33. The first kappa shape index (κ1) is 6.75. The zero-order valence-corrected chi connectivity index (χ0v) is 5.93. The van der Waals surface area contributed by atoms with Crippen molar-refractivity contribution in [1.82, 2.24) is 4.90 Å². The molecule has 0 aromatic carbocycles. The molecule has 1 heterocycles. The van der Waals surface area contributed by atoms with Crippen LogP contribution in [0.5, 0.6) is 0 Å². The Balaban J connectivity index is 2.26. The average Bonchev–Trinajstić information content (AvgIpc) is 1.90. The van der Waals surface area contributed by atoms with Gasteiger partial charge in [0.2, 0.25) is 0 Å². The van der Waals surface area contributed by atoms with Crippen LogP contribution in [-0.2, 0) is 0 Å². The molecule has 1 aliphatic rings. The molecule has 0 spiro atoms. The van der Waals surface area contributed by atoms with Crippen molar-refractivity contribution >= 4 is 6.21 Å². The number of nitrogens with one attached hydrogen (secondary N) is 1. The molecule has 0 aliphatic carbocycles. The zero-order valence-electron chi connectivity index (χ0n) is 5.93. The van der Waals surface area contributed by atoms with Crippen molar-refractivity contribution in [2.45, 2.75) is 12.8 Å². The molecule has 0 radical (unpaired) electrons. The summed E-state index contributed by atoms with van der Waals surface area (Å²) >= 11 is 0. The number of likely N-dealkylation sites (tertiary alicyclic amines) is 1. The van der Waals surface area contributed by atoms with Crippen molar-refractivity contribution < 1.29 is 0 Å². The Labute approximate surface area is 56.4 Å². The van der Waals surface area contributed by atoms with Gasteiger partial charge in [-0.05, 0) is 45.1 Å². The van der Waals surface area contributed by atoms with E-state index < -0.39 is 0 Å². The molecule has 1 saturated heterocycles. The summed E-state index contributed by atoms with van der Waals surface area (Å²) in [5.74, 6) is 0.571. The third-order valence-electron chi connectivity index (χ3n) is 2.00. The Morgan fingerprint density at radius 3 is 2.44 bits per heavy atom. The van der Waals surface area contributed by atoms with E-state index in [2.05, 4.69) is 11.9 Å². The van der Waals surface area contributed by atoms with Crippen LogP contribution >= 0.6 is 0 Å². The monoisotopic (exact) mass is 126 g/mol. The fraction of sp³-hybridized carbons (Fsp3) is 0.857. The van der Waals surface area contributed by atoms with Crippen LogP contribution in [0.3, 0.4) is 0 Å². The van der Waals surface area contributed by atoms with Crippen LogP contribution in [0.2, 0.25) is 0 Å². The molecule has 2 nitrogen and oxygen atoms in total. The van der Waals surface area contributed by atoms with Crippen LogP contribution in [0.4, 0.5) is 0 Å². The molecule has 0 unspecified atom stereocenters. The topological polar surface area (TPSA) is 27.1 Å². The molecule has 0 saturated carbocycles. The minimum absolute atomic E-state index is 0.571. The van der Waals surface area contributed by atoms with E-state index in [0.29, 0.717) is 5.92 Å². The first-order valence-corrected chi connectivity index (χ1v) is 3.52. The van der Waals surface area contributed by atoms with Crippen LogP contribution in [0.15, 0.2) is 0 Å². The molecule has 1 N–H and O–H groups in total. The first-order valence-electron chi connectivity index (χ1n) is 3.52. The van der Waals surface area contributed by atoms with Crippen LogP contribution in [0, 0.1) is 11.3 Å². The third kappa shape index (κ3) is 1.79. The summed E-state index contributed by atoms with van der Waals surface area (Å²) in [6, 6.07) is 0. The maximum atomic E-state index is 7.02. The molecular weight excluding hydrogens is 112 g/mol. The van der Waals surface area contributed by atoms with E-state index in [4.69, 9.17) is 5.41 Å². The highest BCUT2D eigenvalue weighted by atomic mass is 15.1. The van der Waals surface area contributed by atoms with Crippen molar-refractivity contribution in [3.63, 3.8) is 0 Å². The Hall–Kier alpha value is -0.370. The number of hydrogen-bond donors (Lipinski definition) is 1. The van der Waals surface area contributed by atoms with Crippen molar-refractivity contribution in [1.29, 1.82) is 5.41 Å². The Morgan fingerprint density at radius 1 is 1.44 bits per heavy atom. The van der Waals surface area contributed by atoms with Gasteiger partial charge in [-0.1, -0.05) is 0 Å². The molecule has 1 rings (SSSR count). The SMILES string of the molecule is CN1CCC(C=N)CC1. The van der Waals surface area contributed by atoms with Gasteiger partial charge in [0.15, 0.2) is 0 Å². The Bertz CT molecular complexity index is 93.1. The van der Waals surface area contributed by atoms with Crippen molar-refractivity contribution in [3.05, 3.63) is 0 Å². The fourth-order valence-corrected chi connectivity index (χ4v) is 1.20. The predicted octanol–water partition coefficient (Wildman–Crippen LogP) is 0.978. The molecule has 0 aromatic heterocycles. The van der Waals surface area contributed by atoms with E-state index in [1.54, 1.807) is 6.21 Å². The average molecular weight is 126 g/mol.